The van der Waals surface area contributed by atoms with Crippen molar-refractivity contribution in [3.05, 3.63) is 42.3 Å². The number of thiazole rings is 1. The summed E-state index contributed by atoms with van der Waals surface area (Å²) in [6.07, 6.45) is 7.07. The van der Waals surface area contributed by atoms with Crippen LogP contribution >= 0.6 is 23.1 Å². The number of fused-ring (bicyclic) bond motifs is 2. The Hall–Kier alpha value is -2.89. The second-order valence-electron chi connectivity index (χ2n) is 11.1. The van der Waals surface area contributed by atoms with Gasteiger partial charge in [-0.15, -0.1) is 11.3 Å². The first-order valence-electron chi connectivity index (χ1n) is 12.9. The smallest absolute Gasteiger partial charge is 0.407 e. The molecule has 1 spiro atoms. The Kier molecular flexibility index (Phi) is 6.48. The molecule has 2 aliphatic rings. The Morgan fingerprint density at radius 1 is 1.21 bits per heavy atom. The van der Waals surface area contributed by atoms with Crippen LogP contribution < -0.4 is 10.2 Å². The summed E-state index contributed by atoms with van der Waals surface area (Å²) in [4.78, 5) is 31.1. The van der Waals surface area contributed by atoms with E-state index < -0.39 is 5.60 Å². The lowest BCUT2D eigenvalue weighted by Gasteiger charge is -2.43. The molecule has 2 saturated heterocycles. The number of piperidine rings is 1. The molecule has 0 bridgehead atoms. The highest BCUT2D eigenvalue weighted by Gasteiger charge is 2.50. The quantitative estimate of drug-likeness (QED) is 0.360. The Morgan fingerprint density at radius 3 is 2.82 bits per heavy atom. The lowest BCUT2D eigenvalue weighted by molar-refractivity contribution is 0.0434. The number of benzene rings is 1. The number of aromatic nitrogens is 4. The monoisotopic (exact) mass is 552 g/mol. The molecule has 1 N–H and O–H groups in total. The Labute approximate surface area is 230 Å². The van der Waals surface area contributed by atoms with E-state index in [1.54, 1.807) is 23.1 Å². The van der Waals surface area contributed by atoms with Crippen LogP contribution in [0.5, 0.6) is 0 Å². The van der Waals surface area contributed by atoms with E-state index >= 15 is 0 Å². The molecule has 6 rings (SSSR count). The highest BCUT2D eigenvalue weighted by molar-refractivity contribution is 8.00. The second-order valence-corrected chi connectivity index (χ2v) is 13.0. The summed E-state index contributed by atoms with van der Waals surface area (Å²) in [5.74, 6) is 0.885. The molecular weight excluding hydrogens is 520 g/mol. The number of rotatable bonds is 4. The molecule has 5 heterocycles. The molecule has 1 amide bonds. The van der Waals surface area contributed by atoms with Gasteiger partial charge in [-0.05, 0) is 52.7 Å². The first-order valence-corrected chi connectivity index (χ1v) is 14.6. The van der Waals surface area contributed by atoms with Crippen LogP contribution in [0.2, 0.25) is 0 Å². The zero-order valence-corrected chi connectivity index (χ0v) is 23.6. The van der Waals surface area contributed by atoms with Crippen molar-refractivity contribution < 1.29 is 14.3 Å². The van der Waals surface area contributed by atoms with E-state index in [0.717, 1.165) is 52.8 Å². The van der Waals surface area contributed by atoms with Gasteiger partial charge in [0.05, 0.1) is 39.4 Å². The number of hydrogen-bond donors (Lipinski definition) is 1. The minimum Gasteiger partial charge on any atom is -0.444 e. The molecule has 38 heavy (non-hydrogen) atoms. The van der Waals surface area contributed by atoms with Gasteiger partial charge in [0.1, 0.15) is 5.60 Å². The van der Waals surface area contributed by atoms with Crippen LogP contribution in [-0.4, -0.2) is 62.9 Å². The van der Waals surface area contributed by atoms with Gasteiger partial charge >= 0.3 is 6.09 Å². The highest BCUT2D eigenvalue weighted by atomic mass is 32.2. The van der Waals surface area contributed by atoms with Crippen LogP contribution in [0.25, 0.3) is 15.9 Å². The number of alkyl carbamates (subject to hydrolysis) is 1. The van der Waals surface area contributed by atoms with E-state index in [-0.39, 0.29) is 23.7 Å². The number of nitrogens with zero attached hydrogens (tertiary/aromatic N) is 5. The second kappa shape index (κ2) is 9.69. The fraction of sp³-hybridized carbons (Fsp3) is 0.481. The summed E-state index contributed by atoms with van der Waals surface area (Å²) in [5, 5.41) is 3.13. The fourth-order valence-corrected chi connectivity index (χ4v) is 7.44. The van der Waals surface area contributed by atoms with E-state index in [4.69, 9.17) is 14.5 Å². The van der Waals surface area contributed by atoms with Crippen molar-refractivity contribution in [3.63, 3.8) is 0 Å². The van der Waals surface area contributed by atoms with Gasteiger partial charge in [-0.3, -0.25) is 4.40 Å². The third kappa shape index (κ3) is 4.71. The predicted molar refractivity (Wildman–Crippen MR) is 149 cm³/mol. The summed E-state index contributed by atoms with van der Waals surface area (Å²) in [7, 11) is 0. The molecule has 11 heteroatoms. The van der Waals surface area contributed by atoms with E-state index in [1.165, 1.54) is 4.70 Å². The molecule has 0 aliphatic carbocycles. The topological polar surface area (TPSA) is 93.9 Å². The Bertz CT molecular complexity index is 1470. The number of carbonyl (C=O) groups excluding carboxylic acids is 1. The molecule has 2 aliphatic heterocycles. The maximum absolute atomic E-state index is 12.6. The summed E-state index contributed by atoms with van der Waals surface area (Å²) in [6, 6.07) is 6.11. The minimum absolute atomic E-state index is 0.0631. The molecule has 4 aromatic rings. The molecule has 200 valence electrons. The van der Waals surface area contributed by atoms with Crippen molar-refractivity contribution in [3.8, 4) is 0 Å². The molecule has 0 unspecified atom stereocenters. The minimum atomic E-state index is -0.539. The molecular formula is C27H32N6O3S2. The zero-order chi connectivity index (χ0) is 26.5. The van der Waals surface area contributed by atoms with Crippen molar-refractivity contribution in [1.29, 1.82) is 0 Å². The van der Waals surface area contributed by atoms with E-state index in [2.05, 4.69) is 30.7 Å². The Balaban J connectivity index is 1.20. The zero-order valence-electron chi connectivity index (χ0n) is 22.0. The van der Waals surface area contributed by atoms with Gasteiger partial charge in [0.15, 0.2) is 5.65 Å². The van der Waals surface area contributed by atoms with Crippen molar-refractivity contribution in [2.45, 2.75) is 68.1 Å². The lowest BCUT2D eigenvalue weighted by Crippen LogP contribution is -2.55. The van der Waals surface area contributed by atoms with Crippen LogP contribution in [-0.2, 0) is 9.47 Å². The largest absolute Gasteiger partial charge is 0.444 e. The van der Waals surface area contributed by atoms with Crippen LogP contribution in [0.15, 0.2) is 52.1 Å². The van der Waals surface area contributed by atoms with Crippen molar-refractivity contribution in [1.82, 2.24) is 24.7 Å². The van der Waals surface area contributed by atoms with Crippen molar-refractivity contribution in [2.24, 2.45) is 5.41 Å². The summed E-state index contributed by atoms with van der Waals surface area (Å²) in [5.41, 5.74) is 3.13. The van der Waals surface area contributed by atoms with Gasteiger partial charge in [0.25, 0.3) is 0 Å². The SMILES string of the molecule is C[C@@H]1OCC2(CCN(c3ncc(Sc4cccc5ncsc45)c4nccn34)CC2)[C@@H]1NC(=O)OC(C)(C)C. The van der Waals surface area contributed by atoms with Crippen molar-refractivity contribution >= 4 is 51.0 Å². The summed E-state index contributed by atoms with van der Waals surface area (Å²) in [6.45, 7) is 9.93. The molecule has 1 aromatic carbocycles. The average molecular weight is 553 g/mol. The fourth-order valence-electron chi connectivity index (χ4n) is 5.54. The van der Waals surface area contributed by atoms with Crippen LogP contribution in [0.4, 0.5) is 10.7 Å². The third-order valence-electron chi connectivity index (χ3n) is 7.39. The number of hydrogen-bond acceptors (Lipinski definition) is 9. The van der Waals surface area contributed by atoms with Crippen LogP contribution in [0.1, 0.15) is 40.5 Å². The molecule has 2 fully saturated rings. The number of anilines is 1. The summed E-state index contributed by atoms with van der Waals surface area (Å²) < 4.78 is 14.9. The number of imidazole rings is 1. The maximum Gasteiger partial charge on any atom is 0.407 e. The van der Waals surface area contributed by atoms with E-state index in [9.17, 15) is 4.79 Å². The standard InChI is InChI=1S/C27H32N6O3S2/c1-17-22(31-25(34)36-26(2,3)4)27(15-35-17)8-11-32(12-9-27)24-29-14-20(23-28-10-13-33(23)24)38-19-7-5-6-18-21(19)37-16-30-18/h5-7,10,13-14,16-17,22H,8-9,11-12,15H2,1-4H3,(H,31,34)/t17-,22+/m0/s1. The molecule has 9 nitrogen and oxygen atoms in total. The molecule has 0 saturated carbocycles. The lowest BCUT2D eigenvalue weighted by atomic mass is 9.73. The van der Waals surface area contributed by atoms with Crippen LogP contribution in [0.3, 0.4) is 0 Å². The summed E-state index contributed by atoms with van der Waals surface area (Å²) >= 11 is 3.32. The molecule has 3 aromatic heterocycles. The maximum atomic E-state index is 12.6. The number of amides is 1. The number of nitrogens with one attached hydrogen (secondary N) is 1. The van der Waals surface area contributed by atoms with E-state index in [0.29, 0.717) is 6.61 Å². The normalized spacial score (nSPS) is 21.4. The van der Waals surface area contributed by atoms with E-state index in [1.807, 2.05) is 63.9 Å². The van der Waals surface area contributed by atoms with Gasteiger partial charge in [0, 0.05) is 42.0 Å². The highest BCUT2D eigenvalue weighted by Crippen LogP contribution is 2.43. The third-order valence-corrected chi connectivity index (χ3v) is 9.46. The first-order chi connectivity index (χ1) is 18.2. The van der Waals surface area contributed by atoms with Gasteiger partial charge in [-0.1, -0.05) is 17.8 Å². The predicted octanol–water partition coefficient (Wildman–Crippen LogP) is 5.39. The Morgan fingerprint density at radius 2 is 2.03 bits per heavy atom. The molecule has 0 radical (unpaired) electrons. The number of carbonyl (C=O) groups is 1. The van der Waals surface area contributed by atoms with Crippen LogP contribution in [0, 0.1) is 5.41 Å². The first kappa shape index (κ1) is 25.4. The van der Waals surface area contributed by atoms with Gasteiger partial charge in [-0.2, -0.15) is 0 Å². The average Bonchev–Trinajstić information content (AvgIpc) is 3.61. The van der Waals surface area contributed by atoms with Crippen molar-refractivity contribution in [2.75, 3.05) is 24.6 Å². The van der Waals surface area contributed by atoms with Gasteiger partial charge < -0.3 is 19.7 Å². The molecule has 2 atom stereocenters. The van der Waals surface area contributed by atoms with Gasteiger partial charge in [-0.25, -0.2) is 19.7 Å². The van der Waals surface area contributed by atoms with Gasteiger partial charge in [0.2, 0.25) is 5.95 Å². The number of ether oxygens (including phenoxy) is 2.